The van der Waals surface area contributed by atoms with Gasteiger partial charge in [-0.3, -0.25) is 4.90 Å². The highest BCUT2D eigenvalue weighted by atomic mass is 79.9. The molecule has 1 aromatic rings. The second-order valence-corrected chi connectivity index (χ2v) is 6.18. The number of rotatable bonds is 2. The van der Waals surface area contributed by atoms with E-state index in [0.29, 0.717) is 19.0 Å². The lowest BCUT2D eigenvalue weighted by Gasteiger charge is -2.55. The summed E-state index contributed by atoms with van der Waals surface area (Å²) in [6.07, 6.45) is -4.10. The van der Waals surface area contributed by atoms with Crippen molar-refractivity contribution in [2.24, 2.45) is 0 Å². The molecule has 3 saturated heterocycles. The van der Waals surface area contributed by atoms with E-state index in [4.69, 9.17) is 0 Å². The maximum atomic E-state index is 12.4. The fourth-order valence-corrected chi connectivity index (χ4v) is 3.40. The maximum absolute atomic E-state index is 12.4. The first-order valence-electron chi connectivity index (χ1n) is 6.23. The molecule has 1 N–H and O–H groups in total. The quantitative estimate of drug-likeness (QED) is 0.894. The first-order chi connectivity index (χ1) is 8.92. The molecule has 3 aliphatic heterocycles. The van der Waals surface area contributed by atoms with Crippen LogP contribution in [0.4, 0.5) is 13.2 Å². The molecule has 4 rings (SSSR count). The Bertz CT molecular complexity index is 448. The summed E-state index contributed by atoms with van der Waals surface area (Å²) in [7, 11) is 0. The zero-order valence-electron chi connectivity index (χ0n) is 10.1. The number of halogens is 4. The number of nitrogens with one attached hydrogen (secondary N) is 1. The second kappa shape index (κ2) is 4.75. The molecule has 2 bridgehead atoms. The van der Waals surface area contributed by atoms with Crippen LogP contribution in [0.1, 0.15) is 11.5 Å². The maximum Gasteiger partial charge on any atom is 0.401 e. The van der Waals surface area contributed by atoms with Crippen molar-refractivity contribution < 1.29 is 13.2 Å². The van der Waals surface area contributed by atoms with Gasteiger partial charge in [-0.15, -0.1) is 0 Å². The minimum Gasteiger partial charge on any atom is -0.307 e. The summed E-state index contributed by atoms with van der Waals surface area (Å²) >= 11 is 3.39. The van der Waals surface area contributed by atoms with E-state index in [1.807, 2.05) is 12.1 Å². The molecule has 1 aromatic carbocycles. The molecule has 2 nitrogen and oxygen atoms in total. The molecule has 3 aliphatic rings. The first-order valence-corrected chi connectivity index (χ1v) is 7.02. The topological polar surface area (TPSA) is 15.3 Å². The van der Waals surface area contributed by atoms with E-state index in [2.05, 4.69) is 33.4 Å². The van der Waals surface area contributed by atoms with Gasteiger partial charge in [-0.25, -0.2) is 0 Å². The first kappa shape index (κ1) is 13.4. The van der Waals surface area contributed by atoms with E-state index >= 15 is 0 Å². The smallest absolute Gasteiger partial charge is 0.307 e. The molecule has 19 heavy (non-hydrogen) atoms. The number of piperidine rings is 1. The van der Waals surface area contributed by atoms with Gasteiger partial charge in [0.1, 0.15) is 0 Å². The molecule has 0 aliphatic carbocycles. The van der Waals surface area contributed by atoms with Gasteiger partial charge in [0.25, 0.3) is 0 Å². The Kier molecular flexibility index (Phi) is 3.35. The molecule has 0 saturated carbocycles. The van der Waals surface area contributed by atoms with Crippen LogP contribution in [0.25, 0.3) is 0 Å². The summed E-state index contributed by atoms with van der Waals surface area (Å²) in [6, 6.07) is 8.35. The minimum absolute atomic E-state index is 0.141. The third-order valence-corrected chi connectivity index (χ3v) is 4.39. The Morgan fingerprint density at radius 2 is 1.74 bits per heavy atom. The van der Waals surface area contributed by atoms with E-state index < -0.39 is 12.7 Å². The summed E-state index contributed by atoms with van der Waals surface area (Å²) in [6.45, 7) is 0.141. The Morgan fingerprint density at radius 3 is 2.26 bits per heavy atom. The summed E-state index contributed by atoms with van der Waals surface area (Å²) in [5.41, 5.74) is 1.21. The molecule has 0 spiro atoms. The zero-order valence-corrected chi connectivity index (χ0v) is 11.7. The summed E-state index contributed by atoms with van der Waals surface area (Å²) in [5, 5.41) is 3.34. The van der Waals surface area contributed by atoms with Crippen LogP contribution in [0.3, 0.4) is 0 Å². The van der Waals surface area contributed by atoms with Crippen LogP contribution >= 0.6 is 15.9 Å². The van der Waals surface area contributed by atoms with Gasteiger partial charge in [-0.1, -0.05) is 28.1 Å². The molecule has 0 amide bonds. The fraction of sp³-hybridized carbons (Fsp3) is 0.538. The molecular weight excluding hydrogens is 321 g/mol. The SMILES string of the molecule is FC(F)(F)CN1CC2NC(C1)C2c1ccc(Br)cc1. The lowest BCUT2D eigenvalue weighted by Crippen LogP contribution is -2.72. The third kappa shape index (κ3) is 2.80. The van der Waals surface area contributed by atoms with Crippen molar-refractivity contribution in [3.05, 3.63) is 34.3 Å². The number of fused-ring (bicyclic) bond motifs is 2. The molecule has 3 fully saturated rings. The molecule has 0 radical (unpaired) electrons. The average molecular weight is 335 g/mol. The van der Waals surface area contributed by atoms with E-state index in [9.17, 15) is 13.2 Å². The lowest BCUT2D eigenvalue weighted by molar-refractivity contribution is -0.155. The van der Waals surface area contributed by atoms with Crippen LogP contribution in [-0.4, -0.2) is 42.8 Å². The van der Waals surface area contributed by atoms with Gasteiger partial charge in [0.05, 0.1) is 6.54 Å². The van der Waals surface area contributed by atoms with Crippen molar-refractivity contribution in [2.45, 2.75) is 24.2 Å². The van der Waals surface area contributed by atoms with Crippen LogP contribution in [0, 0.1) is 0 Å². The van der Waals surface area contributed by atoms with Gasteiger partial charge in [0.2, 0.25) is 0 Å². The second-order valence-electron chi connectivity index (χ2n) is 5.27. The number of nitrogens with zero attached hydrogens (tertiary/aromatic N) is 1. The Labute approximate surface area is 118 Å². The normalized spacial score (nSPS) is 31.1. The highest BCUT2D eigenvalue weighted by molar-refractivity contribution is 9.10. The molecule has 6 heteroatoms. The lowest BCUT2D eigenvalue weighted by atomic mass is 9.74. The summed E-state index contributed by atoms with van der Waals surface area (Å²) in [4.78, 5) is 1.50. The van der Waals surface area contributed by atoms with Crippen LogP contribution in [0.2, 0.25) is 0 Å². The summed E-state index contributed by atoms with van der Waals surface area (Å²) in [5.74, 6) is 0.345. The van der Waals surface area contributed by atoms with E-state index in [1.165, 1.54) is 10.5 Å². The number of piperazine rings is 1. The largest absolute Gasteiger partial charge is 0.401 e. The monoisotopic (exact) mass is 334 g/mol. The van der Waals surface area contributed by atoms with Crippen molar-refractivity contribution in [1.82, 2.24) is 10.2 Å². The number of benzene rings is 1. The zero-order chi connectivity index (χ0) is 13.6. The van der Waals surface area contributed by atoms with E-state index in [-0.39, 0.29) is 12.1 Å². The molecule has 2 unspecified atom stereocenters. The number of hydrogen-bond donors (Lipinski definition) is 1. The molecular formula is C13H14BrF3N2. The third-order valence-electron chi connectivity index (χ3n) is 3.86. The highest BCUT2D eigenvalue weighted by Gasteiger charge is 2.48. The Morgan fingerprint density at radius 1 is 1.16 bits per heavy atom. The highest BCUT2D eigenvalue weighted by Crippen LogP contribution is 2.37. The van der Waals surface area contributed by atoms with Gasteiger partial charge >= 0.3 is 6.18 Å². The predicted molar refractivity (Wildman–Crippen MR) is 70.1 cm³/mol. The van der Waals surface area contributed by atoms with Crippen molar-refractivity contribution in [1.29, 1.82) is 0 Å². The van der Waals surface area contributed by atoms with E-state index in [1.54, 1.807) is 0 Å². The van der Waals surface area contributed by atoms with Gasteiger partial charge in [-0.2, -0.15) is 13.2 Å². The minimum atomic E-state index is -4.10. The van der Waals surface area contributed by atoms with Crippen molar-refractivity contribution >= 4 is 15.9 Å². The van der Waals surface area contributed by atoms with Gasteiger partial charge in [0.15, 0.2) is 0 Å². The standard InChI is InChI=1S/C13H14BrF3N2/c14-9-3-1-8(2-4-9)12-10-5-19(6-11(12)18-10)7-13(15,16)17/h1-4,10-12,18H,5-7H2. The average Bonchev–Trinajstić information content (AvgIpc) is 2.29. The predicted octanol–water partition coefficient (Wildman–Crippen LogP) is 2.75. The summed E-state index contributed by atoms with van der Waals surface area (Å²) < 4.78 is 38.2. The number of alkyl halides is 3. The molecule has 3 heterocycles. The molecule has 0 aromatic heterocycles. The van der Waals surface area contributed by atoms with Crippen LogP contribution in [0.15, 0.2) is 28.7 Å². The van der Waals surface area contributed by atoms with Crippen LogP contribution in [-0.2, 0) is 0 Å². The van der Waals surface area contributed by atoms with Crippen molar-refractivity contribution in [3.8, 4) is 0 Å². The Balaban J connectivity index is 1.66. The molecule has 104 valence electrons. The number of hydrogen-bond acceptors (Lipinski definition) is 2. The fourth-order valence-electron chi connectivity index (χ4n) is 3.14. The van der Waals surface area contributed by atoms with Crippen LogP contribution < -0.4 is 5.32 Å². The molecule has 2 atom stereocenters. The van der Waals surface area contributed by atoms with Crippen LogP contribution in [0.5, 0.6) is 0 Å². The van der Waals surface area contributed by atoms with Crippen molar-refractivity contribution in [2.75, 3.05) is 19.6 Å². The van der Waals surface area contributed by atoms with Gasteiger partial charge < -0.3 is 5.32 Å². The van der Waals surface area contributed by atoms with Gasteiger partial charge in [-0.05, 0) is 17.7 Å². The van der Waals surface area contributed by atoms with Crippen molar-refractivity contribution in [3.63, 3.8) is 0 Å². The van der Waals surface area contributed by atoms with E-state index in [0.717, 1.165) is 4.47 Å². The Hall–Kier alpha value is -0.590. The van der Waals surface area contributed by atoms with Gasteiger partial charge in [0, 0.05) is 35.6 Å².